The Balaban J connectivity index is 1.89. The molecule has 0 aliphatic heterocycles. The number of carbonyl (C=O) groups is 1. The second kappa shape index (κ2) is 7.18. The summed E-state index contributed by atoms with van der Waals surface area (Å²) in [5.41, 5.74) is -0.934. The van der Waals surface area contributed by atoms with Gasteiger partial charge in [-0.3, -0.25) is 9.48 Å². The molecule has 1 N–H and O–H groups in total. The van der Waals surface area contributed by atoms with Crippen molar-refractivity contribution in [3.8, 4) is 11.3 Å². The lowest BCUT2D eigenvalue weighted by atomic mass is 10.2. The summed E-state index contributed by atoms with van der Waals surface area (Å²) >= 11 is 0. The van der Waals surface area contributed by atoms with Gasteiger partial charge in [-0.2, -0.15) is 22.7 Å². The lowest BCUT2D eigenvalue weighted by Gasteiger charge is -2.08. The Morgan fingerprint density at radius 3 is 2.44 bits per heavy atom. The van der Waals surface area contributed by atoms with Gasteiger partial charge in [0.05, 0.1) is 11.3 Å². The number of pyridine rings is 1. The molecule has 9 heteroatoms. The van der Waals surface area contributed by atoms with Gasteiger partial charge in [-0.05, 0) is 37.3 Å². The molecule has 5 nitrogen and oxygen atoms in total. The molecule has 0 aliphatic carbocycles. The van der Waals surface area contributed by atoms with E-state index in [9.17, 15) is 22.4 Å². The van der Waals surface area contributed by atoms with E-state index in [1.54, 1.807) is 37.3 Å². The number of halogens is 4. The molecule has 0 bridgehead atoms. The molecule has 2 heterocycles. The maximum atomic E-state index is 14.4. The zero-order chi connectivity index (χ0) is 19.6. The predicted octanol–water partition coefficient (Wildman–Crippen LogP) is 4.38. The number of hydrogen-bond donors (Lipinski definition) is 1. The maximum Gasteiger partial charge on any atom is 0.435 e. The molecule has 3 rings (SSSR count). The number of carbonyl (C=O) groups excluding carboxylic acids is 1. The number of aryl methyl sites for hydroxylation is 1. The summed E-state index contributed by atoms with van der Waals surface area (Å²) in [5.74, 6) is -1.54. The molecule has 27 heavy (non-hydrogen) atoms. The molecule has 0 saturated heterocycles. The van der Waals surface area contributed by atoms with Crippen LogP contribution in [0.3, 0.4) is 0 Å². The van der Waals surface area contributed by atoms with Crippen molar-refractivity contribution in [2.45, 2.75) is 19.6 Å². The highest BCUT2D eigenvalue weighted by atomic mass is 19.4. The molecule has 3 aromatic rings. The monoisotopic (exact) mass is 378 g/mol. The number of rotatable bonds is 4. The van der Waals surface area contributed by atoms with E-state index in [4.69, 9.17) is 0 Å². The van der Waals surface area contributed by atoms with E-state index >= 15 is 0 Å². The van der Waals surface area contributed by atoms with E-state index < -0.39 is 23.7 Å². The predicted molar refractivity (Wildman–Crippen MR) is 90.5 cm³/mol. The van der Waals surface area contributed by atoms with Gasteiger partial charge in [-0.1, -0.05) is 18.2 Å². The van der Waals surface area contributed by atoms with Crippen molar-refractivity contribution in [2.75, 3.05) is 5.32 Å². The number of nitrogens with zero attached hydrogens (tertiary/aromatic N) is 3. The minimum Gasteiger partial charge on any atom is -0.306 e. The summed E-state index contributed by atoms with van der Waals surface area (Å²) in [6, 6.07) is 11.6. The highest BCUT2D eigenvalue weighted by Crippen LogP contribution is 2.32. The quantitative estimate of drug-likeness (QED) is 0.542. The molecule has 2 aromatic heterocycles. The Morgan fingerprint density at radius 1 is 1.15 bits per heavy atom. The zero-order valence-corrected chi connectivity index (χ0v) is 14.1. The molecule has 0 fully saturated rings. The summed E-state index contributed by atoms with van der Waals surface area (Å²) in [6.45, 7) is 1.72. The smallest absolute Gasteiger partial charge is 0.306 e. The number of benzene rings is 1. The van der Waals surface area contributed by atoms with Gasteiger partial charge in [-0.15, -0.1) is 0 Å². The van der Waals surface area contributed by atoms with Crippen molar-refractivity contribution in [1.29, 1.82) is 0 Å². The third kappa shape index (κ3) is 3.97. The van der Waals surface area contributed by atoms with E-state index in [0.717, 1.165) is 10.7 Å². The molecule has 0 aliphatic rings. The van der Waals surface area contributed by atoms with Crippen molar-refractivity contribution < 1.29 is 22.4 Å². The van der Waals surface area contributed by atoms with E-state index in [1.165, 1.54) is 12.1 Å². The van der Waals surface area contributed by atoms with E-state index in [1.807, 2.05) is 0 Å². The first-order valence-electron chi connectivity index (χ1n) is 7.98. The van der Waals surface area contributed by atoms with Crippen molar-refractivity contribution in [2.24, 2.45) is 0 Å². The molecular weight excluding hydrogens is 364 g/mol. The van der Waals surface area contributed by atoms with Gasteiger partial charge in [0, 0.05) is 12.1 Å². The van der Waals surface area contributed by atoms with Gasteiger partial charge < -0.3 is 5.32 Å². The SMILES string of the molecule is CCn1nc(C(F)(F)F)cc1-c1ccc(NC(=O)c2ccccc2)nc1F. The molecule has 0 spiro atoms. The highest BCUT2D eigenvalue weighted by Gasteiger charge is 2.35. The lowest BCUT2D eigenvalue weighted by molar-refractivity contribution is -0.141. The summed E-state index contributed by atoms with van der Waals surface area (Å²) in [6.07, 6.45) is -4.64. The van der Waals surface area contributed by atoms with Gasteiger partial charge in [-0.25, -0.2) is 4.98 Å². The third-order valence-corrected chi connectivity index (χ3v) is 3.77. The van der Waals surface area contributed by atoms with Crippen LogP contribution in [-0.2, 0) is 12.7 Å². The summed E-state index contributed by atoms with van der Waals surface area (Å²) < 4.78 is 54.1. The fourth-order valence-corrected chi connectivity index (χ4v) is 2.49. The fraction of sp³-hybridized carbons (Fsp3) is 0.167. The molecule has 0 atom stereocenters. The molecule has 140 valence electrons. The van der Waals surface area contributed by atoms with Crippen molar-refractivity contribution in [1.82, 2.24) is 14.8 Å². The molecular formula is C18H14F4N4O. The minimum atomic E-state index is -4.64. The van der Waals surface area contributed by atoms with Gasteiger partial charge in [0.25, 0.3) is 5.91 Å². The molecule has 0 unspecified atom stereocenters. The Labute approximate surface area is 151 Å². The molecule has 0 radical (unpaired) electrons. The number of alkyl halides is 3. The van der Waals surface area contributed by atoms with Crippen LogP contribution in [0.4, 0.5) is 23.4 Å². The van der Waals surface area contributed by atoms with Crippen LogP contribution in [0.1, 0.15) is 23.0 Å². The van der Waals surface area contributed by atoms with Crippen LogP contribution in [-0.4, -0.2) is 20.7 Å². The second-order valence-electron chi connectivity index (χ2n) is 5.58. The molecule has 1 amide bonds. The number of hydrogen-bond acceptors (Lipinski definition) is 3. The van der Waals surface area contributed by atoms with Crippen LogP contribution < -0.4 is 5.32 Å². The van der Waals surface area contributed by atoms with Crippen LogP contribution in [0, 0.1) is 5.95 Å². The topological polar surface area (TPSA) is 59.8 Å². The van der Waals surface area contributed by atoms with Crippen LogP contribution >= 0.6 is 0 Å². The fourth-order valence-electron chi connectivity index (χ4n) is 2.49. The van der Waals surface area contributed by atoms with E-state index in [0.29, 0.717) is 5.56 Å². The van der Waals surface area contributed by atoms with Crippen LogP contribution in [0.5, 0.6) is 0 Å². The first-order chi connectivity index (χ1) is 12.8. The van der Waals surface area contributed by atoms with Crippen molar-refractivity contribution >= 4 is 11.7 Å². The first-order valence-corrected chi connectivity index (χ1v) is 7.98. The third-order valence-electron chi connectivity index (χ3n) is 3.77. The Kier molecular flexibility index (Phi) is 4.93. The van der Waals surface area contributed by atoms with E-state index in [-0.39, 0.29) is 23.6 Å². The average molecular weight is 378 g/mol. The Morgan fingerprint density at radius 2 is 1.85 bits per heavy atom. The first kappa shape index (κ1) is 18.6. The number of nitrogens with one attached hydrogen (secondary N) is 1. The van der Waals surface area contributed by atoms with Crippen LogP contribution in [0.2, 0.25) is 0 Å². The Hall–Kier alpha value is -3.23. The Bertz CT molecular complexity index is 967. The normalized spacial score (nSPS) is 11.4. The zero-order valence-electron chi connectivity index (χ0n) is 14.1. The lowest BCUT2D eigenvalue weighted by Crippen LogP contribution is -2.13. The summed E-state index contributed by atoms with van der Waals surface area (Å²) in [7, 11) is 0. The van der Waals surface area contributed by atoms with Crippen LogP contribution in [0.25, 0.3) is 11.3 Å². The average Bonchev–Trinajstić information content (AvgIpc) is 3.07. The number of anilines is 1. The highest BCUT2D eigenvalue weighted by molar-refractivity contribution is 6.03. The summed E-state index contributed by atoms with van der Waals surface area (Å²) in [4.78, 5) is 15.7. The number of amides is 1. The van der Waals surface area contributed by atoms with Crippen LogP contribution in [0.15, 0.2) is 48.5 Å². The summed E-state index contributed by atoms with van der Waals surface area (Å²) in [5, 5.41) is 5.90. The van der Waals surface area contributed by atoms with Crippen molar-refractivity contribution in [3.05, 3.63) is 65.7 Å². The standard InChI is InChI=1S/C18H14F4N4O/c1-2-26-13(10-14(25-26)18(20,21)22)12-8-9-15(23-16(12)19)24-17(27)11-6-4-3-5-7-11/h3-10H,2H2,1H3,(H,23,24,27). The number of aromatic nitrogens is 3. The van der Waals surface area contributed by atoms with Gasteiger partial charge in [0.2, 0.25) is 5.95 Å². The molecule has 1 aromatic carbocycles. The minimum absolute atomic E-state index is 0.0456. The van der Waals surface area contributed by atoms with Gasteiger partial charge >= 0.3 is 6.18 Å². The van der Waals surface area contributed by atoms with Gasteiger partial charge in [0.1, 0.15) is 5.82 Å². The maximum absolute atomic E-state index is 14.4. The second-order valence-corrected chi connectivity index (χ2v) is 5.58. The van der Waals surface area contributed by atoms with Gasteiger partial charge in [0.15, 0.2) is 5.69 Å². The molecule has 0 saturated carbocycles. The largest absolute Gasteiger partial charge is 0.435 e. The van der Waals surface area contributed by atoms with E-state index in [2.05, 4.69) is 15.4 Å². The van der Waals surface area contributed by atoms with Crippen molar-refractivity contribution in [3.63, 3.8) is 0 Å².